The van der Waals surface area contributed by atoms with Crippen molar-refractivity contribution in [2.45, 2.75) is 12.8 Å². The van der Waals surface area contributed by atoms with E-state index in [4.69, 9.17) is 5.11 Å². The first-order chi connectivity index (χ1) is 9.14. The highest BCUT2D eigenvalue weighted by molar-refractivity contribution is 5.73. The van der Waals surface area contributed by atoms with Crippen LogP contribution in [0.4, 0.5) is 18.9 Å². The van der Waals surface area contributed by atoms with Crippen molar-refractivity contribution in [2.75, 3.05) is 7.11 Å². The van der Waals surface area contributed by atoms with Gasteiger partial charge < -0.3 is 14.6 Å². The summed E-state index contributed by atoms with van der Waals surface area (Å²) in [5.74, 6) is -3.32. The van der Waals surface area contributed by atoms with Gasteiger partial charge in [0.25, 0.3) is 5.69 Å². The molecule has 0 atom stereocenters. The maximum Gasteiger partial charge on any atom is 0.574 e. The molecule has 1 rings (SSSR count). The summed E-state index contributed by atoms with van der Waals surface area (Å²) in [4.78, 5) is 23.6. The monoisotopic (exact) mass is 296 g/mol. The molecule has 0 aliphatic heterocycles. The van der Waals surface area contributed by atoms with E-state index < -0.39 is 46.7 Å². The van der Waals surface area contributed by atoms with E-state index in [1.54, 1.807) is 0 Å². The van der Waals surface area contributed by atoms with Crippen molar-refractivity contribution in [2.24, 2.45) is 0 Å². The Hall–Kier alpha value is -2.59. The number of pyridine rings is 1. The van der Waals surface area contributed by atoms with Crippen molar-refractivity contribution in [3.63, 3.8) is 0 Å². The van der Waals surface area contributed by atoms with Crippen LogP contribution in [0, 0.1) is 10.1 Å². The van der Waals surface area contributed by atoms with Crippen molar-refractivity contribution < 1.29 is 37.5 Å². The molecule has 110 valence electrons. The third-order valence-corrected chi connectivity index (χ3v) is 1.99. The third kappa shape index (κ3) is 3.96. The standard InChI is InChI=1S/C9H7F3N2O6/c1-19-6-3-5(14(17)18)4(2-7(15)16)8(13-6)20-9(10,11)12/h3H,2H2,1H3,(H,15,16). The number of hydrogen-bond acceptors (Lipinski definition) is 6. The van der Waals surface area contributed by atoms with E-state index in [1.165, 1.54) is 0 Å². The number of hydrogen-bond donors (Lipinski definition) is 1. The fourth-order valence-corrected chi connectivity index (χ4v) is 1.29. The molecule has 0 aliphatic rings. The molecule has 0 saturated carbocycles. The predicted octanol–water partition coefficient (Wildman–Crippen LogP) is 1.52. The molecule has 1 aromatic heterocycles. The van der Waals surface area contributed by atoms with Crippen LogP contribution in [0.15, 0.2) is 6.07 Å². The number of halogens is 3. The zero-order valence-electron chi connectivity index (χ0n) is 9.80. The van der Waals surface area contributed by atoms with E-state index in [-0.39, 0.29) is 0 Å². The molecule has 0 aliphatic carbocycles. The number of methoxy groups -OCH3 is 1. The van der Waals surface area contributed by atoms with Gasteiger partial charge in [-0.3, -0.25) is 14.9 Å². The van der Waals surface area contributed by atoms with E-state index in [0.29, 0.717) is 6.07 Å². The average molecular weight is 296 g/mol. The minimum atomic E-state index is -5.18. The lowest BCUT2D eigenvalue weighted by Crippen LogP contribution is -2.20. The molecule has 0 saturated heterocycles. The van der Waals surface area contributed by atoms with Crippen molar-refractivity contribution >= 4 is 11.7 Å². The lowest BCUT2D eigenvalue weighted by molar-refractivity contribution is -0.385. The van der Waals surface area contributed by atoms with Crippen molar-refractivity contribution in [3.05, 3.63) is 21.7 Å². The molecule has 11 heteroatoms. The molecular formula is C9H7F3N2O6. The number of aromatic nitrogens is 1. The second kappa shape index (κ2) is 5.59. The number of carboxylic acids is 1. The second-order valence-electron chi connectivity index (χ2n) is 3.34. The van der Waals surface area contributed by atoms with Crippen LogP contribution in [0.25, 0.3) is 0 Å². The van der Waals surface area contributed by atoms with E-state index >= 15 is 0 Å². The minimum Gasteiger partial charge on any atom is -0.481 e. The summed E-state index contributed by atoms with van der Waals surface area (Å²) in [5.41, 5.74) is -1.70. The average Bonchev–Trinajstić information content (AvgIpc) is 2.28. The summed E-state index contributed by atoms with van der Waals surface area (Å²) in [6.07, 6.45) is -6.24. The van der Waals surface area contributed by atoms with E-state index in [1.807, 2.05) is 0 Å². The van der Waals surface area contributed by atoms with Gasteiger partial charge in [-0.15, -0.1) is 13.2 Å². The summed E-state index contributed by atoms with van der Waals surface area (Å²) in [6.45, 7) is 0. The number of carbonyl (C=O) groups is 1. The first-order valence-corrected chi connectivity index (χ1v) is 4.84. The zero-order chi connectivity index (χ0) is 15.5. The number of rotatable bonds is 5. The molecule has 0 bridgehead atoms. The predicted molar refractivity (Wildman–Crippen MR) is 55.5 cm³/mol. The SMILES string of the molecule is COc1cc([N+](=O)[O-])c(CC(=O)O)c(OC(F)(F)F)n1. The second-order valence-corrected chi connectivity index (χ2v) is 3.34. The summed E-state index contributed by atoms with van der Waals surface area (Å²) in [7, 11) is 1.03. The Balaban J connectivity index is 3.46. The molecule has 0 aromatic carbocycles. The number of aliphatic carboxylic acids is 1. The first-order valence-electron chi connectivity index (χ1n) is 4.84. The summed E-state index contributed by atoms with van der Waals surface area (Å²) in [6, 6.07) is 0.710. The number of carboxylic acid groups (broad SMARTS) is 1. The molecule has 0 fully saturated rings. The number of nitrogens with zero attached hydrogens (tertiary/aromatic N) is 2. The fourth-order valence-electron chi connectivity index (χ4n) is 1.29. The van der Waals surface area contributed by atoms with E-state index in [0.717, 1.165) is 7.11 Å². The summed E-state index contributed by atoms with van der Waals surface area (Å²) < 4.78 is 44.6. The minimum absolute atomic E-state index is 0.509. The molecule has 1 N–H and O–H groups in total. The van der Waals surface area contributed by atoms with Crippen LogP contribution in [-0.4, -0.2) is 34.5 Å². The van der Waals surface area contributed by atoms with Gasteiger partial charge in [0, 0.05) is 0 Å². The Bertz CT molecular complexity index is 545. The van der Waals surface area contributed by atoms with Crippen molar-refractivity contribution in [1.82, 2.24) is 4.98 Å². The molecule has 1 aromatic rings. The van der Waals surface area contributed by atoms with Crippen LogP contribution >= 0.6 is 0 Å². The summed E-state index contributed by atoms with van der Waals surface area (Å²) >= 11 is 0. The van der Waals surface area contributed by atoms with Crippen LogP contribution < -0.4 is 9.47 Å². The van der Waals surface area contributed by atoms with Gasteiger partial charge in [0.1, 0.15) is 5.56 Å². The maximum atomic E-state index is 12.2. The largest absolute Gasteiger partial charge is 0.574 e. The van der Waals surface area contributed by atoms with E-state index in [9.17, 15) is 28.1 Å². The summed E-state index contributed by atoms with van der Waals surface area (Å²) in [5, 5.41) is 19.4. The Morgan fingerprint density at radius 1 is 1.55 bits per heavy atom. The molecule has 0 spiro atoms. The molecule has 0 amide bonds. The highest BCUT2D eigenvalue weighted by atomic mass is 19.4. The number of ether oxygens (including phenoxy) is 2. The third-order valence-electron chi connectivity index (χ3n) is 1.99. The molecule has 8 nitrogen and oxygen atoms in total. The van der Waals surface area contributed by atoms with Gasteiger partial charge in [-0.05, 0) is 0 Å². The quantitative estimate of drug-likeness (QED) is 0.647. The Labute approximate surface area is 108 Å². The molecule has 20 heavy (non-hydrogen) atoms. The van der Waals surface area contributed by atoms with Crippen molar-refractivity contribution in [3.8, 4) is 11.8 Å². The molecule has 1 heterocycles. The number of alkyl halides is 3. The normalized spacial score (nSPS) is 11.0. The van der Waals surface area contributed by atoms with Crippen LogP contribution in [0.5, 0.6) is 11.8 Å². The Morgan fingerprint density at radius 3 is 2.55 bits per heavy atom. The Kier molecular flexibility index (Phi) is 4.32. The van der Waals surface area contributed by atoms with Gasteiger partial charge in [0.2, 0.25) is 11.8 Å². The van der Waals surface area contributed by atoms with Crippen molar-refractivity contribution in [1.29, 1.82) is 0 Å². The zero-order valence-corrected chi connectivity index (χ0v) is 9.80. The maximum absolute atomic E-state index is 12.2. The molecule has 0 unspecified atom stereocenters. The van der Waals surface area contributed by atoms with Gasteiger partial charge >= 0.3 is 12.3 Å². The van der Waals surface area contributed by atoms with Crippen LogP contribution in [0.2, 0.25) is 0 Å². The highest BCUT2D eigenvalue weighted by Crippen LogP contribution is 2.34. The number of nitro groups is 1. The van der Waals surface area contributed by atoms with Gasteiger partial charge in [-0.25, -0.2) is 0 Å². The molecule has 0 radical (unpaired) electrons. The van der Waals surface area contributed by atoms with E-state index in [2.05, 4.69) is 14.5 Å². The first kappa shape index (κ1) is 15.5. The van der Waals surface area contributed by atoms with Gasteiger partial charge in [0.05, 0.1) is 24.5 Å². The Morgan fingerprint density at radius 2 is 2.15 bits per heavy atom. The highest BCUT2D eigenvalue weighted by Gasteiger charge is 2.36. The lowest BCUT2D eigenvalue weighted by atomic mass is 10.1. The van der Waals surface area contributed by atoms with Crippen LogP contribution in [0.3, 0.4) is 0 Å². The van der Waals surface area contributed by atoms with Crippen LogP contribution in [-0.2, 0) is 11.2 Å². The topological polar surface area (TPSA) is 112 Å². The lowest BCUT2D eigenvalue weighted by Gasteiger charge is -2.12. The van der Waals surface area contributed by atoms with Gasteiger partial charge in [-0.2, -0.15) is 4.98 Å². The van der Waals surface area contributed by atoms with Gasteiger partial charge in [0.15, 0.2) is 0 Å². The fraction of sp³-hybridized carbons (Fsp3) is 0.333. The smallest absolute Gasteiger partial charge is 0.481 e. The van der Waals surface area contributed by atoms with Crippen LogP contribution in [0.1, 0.15) is 5.56 Å². The van der Waals surface area contributed by atoms with Gasteiger partial charge in [-0.1, -0.05) is 0 Å². The molecular weight excluding hydrogens is 289 g/mol.